The number of carbonyl (C=O) groups is 1. The third kappa shape index (κ3) is 4.69. The average Bonchev–Trinajstić information content (AvgIpc) is 3.09. The highest BCUT2D eigenvalue weighted by Gasteiger charge is 2.28. The van der Waals surface area contributed by atoms with Gasteiger partial charge in [0.1, 0.15) is 18.2 Å². The molecule has 31 heavy (non-hydrogen) atoms. The normalized spacial score (nSPS) is 12.6. The summed E-state index contributed by atoms with van der Waals surface area (Å²) in [7, 11) is 0. The van der Waals surface area contributed by atoms with Crippen molar-refractivity contribution in [3.8, 4) is 11.1 Å². The van der Waals surface area contributed by atoms with E-state index < -0.39 is 17.7 Å². The van der Waals surface area contributed by atoms with Gasteiger partial charge >= 0.3 is 6.09 Å². The molecular weight excluding hydrogens is 464 g/mol. The summed E-state index contributed by atoms with van der Waals surface area (Å²) >= 11 is 2.84. The van der Waals surface area contributed by atoms with Crippen molar-refractivity contribution in [2.24, 2.45) is 0 Å². The number of fused-ring (bicyclic) bond motifs is 3. The van der Waals surface area contributed by atoms with Crippen LogP contribution in [0.15, 0.2) is 71.2 Å². The van der Waals surface area contributed by atoms with Gasteiger partial charge in [-0.25, -0.2) is 13.6 Å². The van der Waals surface area contributed by atoms with Crippen LogP contribution in [-0.2, 0) is 4.74 Å². The van der Waals surface area contributed by atoms with Gasteiger partial charge in [0.15, 0.2) is 0 Å². The number of rotatable bonds is 6. The van der Waals surface area contributed by atoms with Crippen LogP contribution in [0.3, 0.4) is 0 Å². The van der Waals surface area contributed by atoms with Crippen molar-refractivity contribution in [2.75, 3.05) is 13.2 Å². The van der Waals surface area contributed by atoms with Crippen LogP contribution < -0.4 is 5.32 Å². The summed E-state index contributed by atoms with van der Waals surface area (Å²) in [6, 6.07) is 18.8. The number of benzene rings is 3. The maximum atomic E-state index is 13.5. The molecule has 3 aromatic rings. The van der Waals surface area contributed by atoms with Gasteiger partial charge in [-0.05, 0) is 62.3 Å². The van der Waals surface area contributed by atoms with Crippen LogP contribution in [0.25, 0.3) is 17.2 Å². The fourth-order valence-corrected chi connectivity index (χ4v) is 4.03. The molecule has 0 fully saturated rings. The van der Waals surface area contributed by atoms with Crippen molar-refractivity contribution in [1.29, 1.82) is 0 Å². The Morgan fingerprint density at radius 1 is 1.00 bits per heavy atom. The zero-order chi connectivity index (χ0) is 21.8. The number of halogens is 3. The van der Waals surface area contributed by atoms with Gasteiger partial charge in [0.25, 0.3) is 0 Å². The topological polar surface area (TPSA) is 38.3 Å². The Morgan fingerprint density at radius 3 is 2.19 bits per heavy atom. The Kier molecular flexibility index (Phi) is 6.47. The number of hydrogen-bond acceptors (Lipinski definition) is 2. The van der Waals surface area contributed by atoms with Crippen molar-refractivity contribution in [3.63, 3.8) is 0 Å². The van der Waals surface area contributed by atoms with Gasteiger partial charge < -0.3 is 10.1 Å². The first-order chi connectivity index (χ1) is 15.0. The maximum Gasteiger partial charge on any atom is 0.407 e. The number of amides is 1. The van der Waals surface area contributed by atoms with E-state index in [9.17, 15) is 13.6 Å². The fraction of sp³-hybridized carbons (Fsp3) is 0.160. The van der Waals surface area contributed by atoms with Crippen molar-refractivity contribution in [1.82, 2.24) is 5.32 Å². The van der Waals surface area contributed by atoms with E-state index in [4.69, 9.17) is 4.74 Å². The molecule has 1 N–H and O–H groups in total. The molecule has 1 amide bonds. The molecule has 4 rings (SSSR count). The van der Waals surface area contributed by atoms with Crippen molar-refractivity contribution in [3.05, 3.63) is 99.5 Å². The molecule has 1 aliphatic carbocycles. The summed E-state index contributed by atoms with van der Waals surface area (Å²) in [4.78, 5) is 12.1. The van der Waals surface area contributed by atoms with Crippen molar-refractivity contribution < 1.29 is 18.3 Å². The van der Waals surface area contributed by atoms with Crippen LogP contribution in [0, 0.1) is 11.6 Å². The third-order valence-electron chi connectivity index (χ3n) is 5.24. The molecule has 3 aromatic carbocycles. The van der Waals surface area contributed by atoms with Crippen LogP contribution in [0.2, 0.25) is 0 Å². The second-order valence-electron chi connectivity index (χ2n) is 7.24. The molecule has 158 valence electrons. The average molecular weight is 484 g/mol. The molecule has 0 bridgehead atoms. The first-order valence-electron chi connectivity index (χ1n) is 9.94. The number of nitrogens with one attached hydrogen (secondary N) is 1. The molecule has 0 unspecified atom stereocenters. The highest BCUT2D eigenvalue weighted by molar-refractivity contribution is 9.10. The third-order valence-corrected chi connectivity index (χ3v) is 6.00. The Morgan fingerprint density at radius 2 is 1.58 bits per heavy atom. The lowest BCUT2D eigenvalue weighted by molar-refractivity contribution is 0.143. The molecule has 0 aliphatic heterocycles. The Balaban J connectivity index is 1.28. The largest absolute Gasteiger partial charge is 0.449 e. The summed E-state index contributed by atoms with van der Waals surface area (Å²) in [5.74, 6) is -1.30. The number of hydrogen-bond donors (Lipinski definition) is 1. The molecular formula is C25H20BrF2NO2. The van der Waals surface area contributed by atoms with Crippen LogP contribution in [-0.4, -0.2) is 19.2 Å². The van der Waals surface area contributed by atoms with E-state index in [-0.39, 0.29) is 17.0 Å². The zero-order valence-corrected chi connectivity index (χ0v) is 18.2. The van der Waals surface area contributed by atoms with E-state index in [1.165, 1.54) is 23.3 Å². The molecule has 3 nitrogen and oxygen atoms in total. The minimum atomic E-state index is -0.656. The summed E-state index contributed by atoms with van der Waals surface area (Å²) < 4.78 is 32.3. The first kappa shape index (κ1) is 21.2. The van der Waals surface area contributed by atoms with Crippen LogP contribution in [0.5, 0.6) is 0 Å². The lowest BCUT2D eigenvalue weighted by atomic mass is 9.98. The standard InChI is InChI=1S/C25H20BrF2NO2/c26-24-22(27)13-16(14-23(24)28)7-5-6-12-29-25(30)31-15-21-19-10-3-1-8-17(19)18-9-2-4-11-20(18)21/h1-5,7-11,13-14,21H,6,12,15H2,(H,29,30). The van der Waals surface area contributed by atoms with E-state index in [2.05, 4.69) is 45.5 Å². The van der Waals surface area contributed by atoms with E-state index in [1.807, 2.05) is 24.3 Å². The predicted molar refractivity (Wildman–Crippen MR) is 121 cm³/mol. The number of ether oxygens (including phenoxy) is 1. The summed E-state index contributed by atoms with van der Waals surface area (Å²) in [6.07, 6.45) is 3.36. The highest BCUT2D eigenvalue weighted by Crippen LogP contribution is 2.44. The molecule has 6 heteroatoms. The van der Waals surface area contributed by atoms with Gasteiger partial charge in [-0.2, -0.15) is 0 Å². The Bertz CT molecular complexity index is 1080. The summed E-state index contributed by atoms with van der Waals surface area (Å²) in [5.41, 5.74) is 5.09. The Hall–Kier alpha value is -2.99. The minimum absolute atomic E-state index is 0.0141. The second-order valence-corrected chi connectivity index (χ2v) is 8.03. The first-order valence-corrected chi connectivity index (χ1v) is 10.7. The zero-order valence-electron chi connectivity index (χ0n) is 16.6. The van der Waals surface area contributed by atoms with E-state index in [0.717, 1.165) is 11.1 Å². The van der Waals surface area contributed by atoms with Gasteiger partial charge in [-0.1, -0.05) is 60.7 Å². The van der Waals surface area contributed by atoms with Crippen LogP contribution >= 0.6 is 15.9 Å². The number of alkyl carbamates (subject to hydrolysis) is 1. The minimum Gasteiger partial charge on any atom is -0.449 e. The summed E-state index contributed by atoms with van der Waals surface area (Å²) in [5, 5.41) is 2.70. The lowest BCUT2D eigenvalue weighted by Crippen LogP contribution is -2.26. The fourth-order valence-electron chi connectivity index (χ4n) is 3.80. The van der Waals surface area contributed by atoms with E-state index in [0.29, 0.717) is 18.5 Å². The molecule has 1 aliphatic rings. The molecule has 0 spiro atoms. The van der Waals surface area contributed by atoms with Crippen molar-refractivity contribution in [2.45, 2.75) is 12.3 Å². The lowest BCUT2D eigenvalue weighted by Gasteiger charge is -2.14. The highest BCUT2D eigenvalue weighted by atomic mass is 79.9. The van der Waals surface area contributed by atoms with Gasteiger partial charge in [-0.3, -0.25) is 0 Å². The van der Waals surface area contributed by atoms with Crippen LogP contribution in [0.4, 0.5) is 13.6 Å². The molecule has 0 saturated heterocycles. The van der Waals surface area contributed by atoms with E-state index in [1.54, 1.807) is 12.2 Å². The van der Waals surface area contributed by atoms with Crippen molar-refractivity contribution >= 4 is 28.1 Å². The van der Waals surface area contributed by atoms with E-state index >= 15 is 0 Å². The SMILES string of the molecule is O=C(NCCC=Cc1cc(F)c(Br)c(F)c1)OCC1c2ccccc2-c2ccccc21. The predicted octanol–water partition coefficient (Wildman–Crippen LogP) is 6.67. The maximum absolute atomic E-state index is 13.5. The molecule has 0 saturated carbocycles. The molecule has 0 heterocycles. The van der Waals surface area contributed by atoms with Crippen LogP contribution in [0.1, 0.15) is 29.0 Å². The summed E-state index contributed by atoms with van der Waals surface area (Å²) in [6.45, 7) is 0.613. The van der Waals surface area contributed by atoms with Gasteiger partial charge in [0.05, 0.1) is 4.47 Å². The molecule has 0 radical (unpaired) electrons. The number of carbonyl (C=O) groups excluding carboxylic acids is 1. The second kappa shape index (κ2) is 9.43. The van der Waals surface area contributed by atoms with Gasteiger partial charge in [-0.15, -0.1) is 0 Å². The smallest absolute Gasteiger partial charge is 0.407 e. The van der Waals surface area contributed by atoms with Gasteiger partial charge in [0.2, 0.25) is 0 Å². The molecule has 0 aromatic heterocycles. The van der Waals surface area contributed by atoms with Gasteiger partial charge in [0, 0.05) is 12.5 Å². The monoisotopic (exact) mass is 483 g/mol. The Labute approximate surface area is 187 Å². The molecule has 0 atom stereocenters. The quantitative estimate of drug-likeness (QED) is 0.314.